The van der Waals surface area contributed by atoms with Gasteiger partial charge < -0.3 is 0 Å². The Labute approximate surface area is 126 Å². The monoisotopic (exact) mass is 291 g/mol. The summed E-state index contributed by atoms with van der Waals surface area (Å²) in [7, 11) is 0. The lowest BCUT2D eigenvalue weighted by Gasteiger charge is -2.03. The van der Waals surface area contributed by atoms with Gasteiger partial charge in [-0.05, 0) is 11.1 Å². The Kier molecular flexibility index (Phi) is 3.01. The van der Waals surface area contributed by atoms with Crippen LogP contribution in [0.1, 0.15) is 11.4 Å². The van der Waals surface area contributed by atoms with Crippen LogP contribution in [0.15, 0.2) is 66.0 Å². The summed E-state index contributed by atoms with van der Waals surface area (Å²) in [5, 5.41) is 10.8. The number of hydrogen-bond donors (Lipinski definition) is 0. The zero-order valence-electron chi connectivity index (χ0n) is 11.3. The molecule has 2 aromatic carbocycles. The second-order valence-electron chi connectivity index (χ2n) is 4.88. The van der Waals surface area contributed by atoms with E-state index in [1.165, 1.54) is 11.1 Å². The lowest BCUT2D eigenvalue weighted by molar-refractivity contribution is 0.939. The van der Waals surface area contributed by atoms with Gasteiger partial charge in [-0.2, -0.15) is 0 Å². The molecule has 4 aromatic rings. The molecule has 0 amide bonds. The molecule has 0 fully saturated rings. The Morgan fingerprint density at radius 2 is 1.57 bits per heavy atom. The van der Waals surface area contributed by atoms with E-state index in [4.69, 9.17) is 0 Å². The maximum absolute atomic E-state index is 4.36. The van der Waals surface area contributed by atoms with Crippen LogP contribution in [0.2, 0.25) is 0 Å². The van der Waals surface area contributed by atoms with Gasteiger partial charge in [0.25, 0.3) is 0 Å². The van der Waals surface area contributed by atoms with E-state index in [2.05, 4.69) is 68.5 Å². The summed E-state index contributed by atoms with van der Waals surface area (Å²) in [6.07, 6.45) is 0.790. The average Bonchev–Trinajstić information content (AvgIpc) is 3.12. The lowest BCUT2D eigenvalue weighted by Crippen LogP contribution is -1.97. The summed E-state index contributed by atoms with van der Waals surface area (Å²) < 4.78 is 2.16. The summed E-state index contributed by atoms with van der Waals surface area (Å²) in [6.45, 7) is 0. The van der Waals surface area contributed by atoms with Crippen LogP contribution in [0.25, 0.3) is 16.2 Å². The van der Waals surface area contributed by atoms with Crippen molar-refractivity contribution in [1.82, 2.24) is 14.6 Å². The minimum absolute atomic E-state index is 0.790. The summed E-state index contributed by atoms with van der Waals surface area (Å²) >= 11 is 1.63. The molecule has 2 heterocycles. The van der Waals surface area contributed by atoms with Crippen molar-refractivity contribution in [3.63, 3.8) is 0 Å². The van der Waals surface area contributed by atoms with Gasteiger partial charge in [0.05, 0.1) is 5.69 Å². The van der Waals surface area contributed by atoms with Crippen LogP contribution < -0.4 is 0 Å². The van der Waals surface area contributed by atoms with E-state index in [-0.39, 0.29) is 0 Å². The number of hydrogen-bond acceptors (Lipinski definition) is 3. The van der Waals surface area contributed by atoms with E-state index in [9.17, 15) is 0 Å². The average molecular weight is 291 g/mol. The zero-order chi connectivity index (χ0) is 14.1. The number of rotatable bonds is 3. The van der Waals surface area contributed by atoms with Crippen molar-refractivity contribution in [2.75, 3.05) is 0 Å². The normalized spacial score (nSPS) is 11.0. The van der Waals surface area contributed by atoms with Crippen LogP contribution in [-0.4, -0.2) is 14.6 Å². The molecular weight excluding hydrogens is 278 g/mol. The number of fused-ring (bicyclic) bond motifs is 1. The first kappa shape index (κ1) is 12.3. The maximum Gasteiger partial charge on any atom is 0.216 e. The molecule has 0 aliphatic heterocycles. The Morgan fingerprint density at radius 3 is 2.33 bits per heavy atom. The predicted octanol–water partition coefficient (Wildman–Crippen LogP) is 4.05. The molecule has 0 aliphatic carbocycles. The van der Waals surface area contributed by atoms with Crippen LogP contribution in [-0.2, 0) is 6.42 Å². The summed E-state index contributed by atoms with van der Waals surface area (Å²) in [5.41, 5.74) is 3.60. The summed E-state index contributed by atoms with van der Waals surface area (Å²) in [6, 6.07) is 20.8. The van der Waals surface area contributed by atoms with E-state index < -0.39 is 0 Å². The molecule has 4 heteroatoms. The summed E-state index contributed by atoms with van der Waals surface area (Å²) in [4.78, 5) is 0.944. The molecule has 3 nitrogen and oxygen atoms in total. The number of benzene rings is 2. The first-order valence-corrected chi connectivity index (χ1v) is 7.70. The molecule has 0 saturated heterocycles. The number of aromatic nitrogens is 3. The molecule has 0 unspecified atom stereocenters. The van der Waals surface area contributed by atoms with Gasteiger partial charge in [-0.15, -0.1) is 21.5 Å². The van der Waals surface area contributed by atoms with Crippen molar-refractivity contribution < 1.29 is 0 Å². The minimum atomic E-state index is 0.790. The Morgan fingerprint density at radius 1 is 0.857 bits per heavy atom. The Hall–Kier alpha value is -2.46. The molecule has 0 aliphatic rings. The topological polar surface area (TPSA) is 30.2 Å². The van der Waals surface area contributed by atoms with E-state index in [0.717, 1.165) is 22.9 Å². The van der Waals surface area contributed by atoms with Crippen LogP contribution in [0.4, 0.5) is 0 Å². The Balaban J connectivity index is 1.82. The van der Waals surface area contributed by atoms with Gasteiger partial charge >= 0.3 is 0 Å². The molecule has 0 radical (unpaired) electrons. The van der Waals surface area contributed by atoms with E-state index in [1.807, 2.05) is 12.1 Å². The lowest BCUT2D eigenvalue weighted by atomic mass is 10.1. The molecule has 0 saturated carbocycles. The molecule has 0 N–H and O–H groups in total. The van der Waals surface area contributed by atoms with Crippen molar-refractivity contribution in [3.05, 3.63) is 77.4 Å². The highest BCUT2D eigenvalue weighted by molar-refractivity contribution is 7.15. The largest absolute Gasteiger partial charge is 0.269 e. The van der Waals surface area contributed by atoms with Crippen LogP contribution >= 0.6 is 11.3 Å². The second kappa shape index (κ2) is 5.14. The van der Waals surface area contributed by atoms with Crippen LogP contribution in [0.3, 0.4) is 0 Å². The zero-order valence-corrected chi connectivity index (χ0v) is 12.1. The number of nitrogens with zero attached hydrogens (tertiary/aromatic N) is 3. The molecular formula is C17H13N3S. The molecule has 0 spiro atoms. The smallest absolute Gasteiger partial charge is 0.216 e. The van der Waals surface area contributed by atoms with Crippen molar-refractivity contribution in [2.24, 2.45) is 0 Å². The first-order chi connectivity index (χ1) is 10.4. The van der Waals surface area contributed by atoms with Gasteiger partial charge in [0.15, 0.2) is 0 Å². The molecule has 4 rings (SSSR count). The van der Waals surface area contributed by atoms with Crippen LogP contribution in [0, 0.1) is 0 Å². The SMILES string of the molecule is c1ccc(Cc2nnc3scc(-c4ccccc4)n23)cc1. The predicted molar refractivity (Wildman–Crippen MR) is 85.5 cm³/mol. The first-order valence-electron chi connectivity index (χ1n) is 6.83. The highest BCUT2D eigenvalue weighted by atomic mass is 32.1. The van der Waals surface area contributed by atoms with Gasteiger partial charge in [-0.25, -0.2) is 0 Å². The van der Waals surface area contributed by atoms with Crippen molar-refractivity contribution >= 4 is 16.3 Å². The number of thiazole rings is 1. The third-order valence-electron chi connectivity index (χ3n) is 3.49. The van der Waals surface area contributed by atoms with E-state index in [0.29, 0.717) is 0 Å². The van der Waals surface area contributed by atoms with Crippen molar-refractivity contribution in [2.45, 2.75) is 6.42 Å². The third-order valence-corrected chi connectivity index (χ3v) is 4.31. The quantitative estimate of drug-likeness (QED) is 0.570. The molecule has 0 bridgehead atoms. The highest BCUT2D eigenvalue weighted by Crippen LogP contribution is 2.26. The molecule has 102 valence electrons. The molecule has 2 aromatic heterocycles. The van der Waals surface area contributed by atoms with Gasteiger partial charge in [0.2, 0.25) is 4.96 Å². The van der Waals surface area contributed by atoms with Gasteiger partial charge in [0, 0.05) is 11.8 Å². The standard InChI is InChI=1S/C17H13N3S/c1-3-7-13(8-4-1)11-16-18-19-17-20(16)15(12-21-17)14-9-5-2-6-10-14/h1-10,12H,11H2. The minimum Gasteiger partial charge on any atom is -0.269 e. The van der Waals surface area contributed by atoms with Crippen LogP contribution in [0.5, 0.6) is 0 Å². The van der Waals surface area contributed by atoms with Crippen molar-refractivity contribution in [1.29, 1.82) is 0 Å². The Bertz CT molecular complexity index is 863. The summed E-state index contributed by atoms with van der Waals surface area (Å²) in [5.74, 6) is 0.983. The van der Waals surface area contributed by atoms with E-state index >= 15 is 0 Å². The van der Waals surface area contributed by atoms with Gasteiger partial charge in [-0.3, -0.25) is 4.40 Å². The third kappa shape index (κ3) is 2.23. The van der Waals surface area contributed by atoms with E-state index in [1.54, 1.807) is 11.3 Å². The molecule has 0 atom stereocenters. The van der Waals surface area contributed by atoms with Gasteiger partial charge in [-0.1, -0.05) is 60.7 Å². The highest BCUT2D eigenvalue weighted by Gasteiger charge is 2.13. The van der Waals surface area contributed by atoms with Gasteiger partial charge in [0.1, 0.15) is 5.82 Å². The fourth-order valence-corrected chi connectivity index (χ4v) is 3.33. The fourth-order valence-electron chi connectivity index (χ4n) is 2.48. The van der Waals surface area contributed by atoms with Crippen molar-refractivity contribution in [3.8, 4) is 11.3 Å². The maximum atomic E-state index is 4.36. The second-order valence-corrected chi connectivity index (χ2v) is 5.72. The molecule has 21 heavy (non-hydrogen) atoms. The fraction of sp³-hybridized carbons (Fsp3) is 0.0588.